The number of hydrogen-bond donors (Lipinski definition) is 2. The first kappa shape index (κ1) is 14.7. The number of amides is 2. The molecule has 0 saturated heterocycles. The zero-order valence-electron chi connectivity index (χ0n) is 12.6. The highest BCUT2D eigenvalue weighted by atomic mass is 16.2. The summed E-state index contributed by atoms with van der Waals surface area (Å²) in [6.07, 6.45) is 11.2. The van der Waals surface area contributed by atoms with Crippen LogP contribution in [0, 0.1) is 11.8 Å². The SMILES string of the molecule is CC(C)C1CCCCC1NC(=O)NC1CCCCC1. The molecule has 0 aromatic rings. The van der Waals surface area contributed by atoms with Gasteiger partial charge in [-0.2, -0.15) is 0 Å². The Kier molecular flexibility index (Phi) is 5.53. The molecule has 3 heteroatoms. The molecule has 2 aliphatic rings. The molecule has 0 spiro atoms. The van der Waals surface area contributed by atoms with Crippen molar-refractivity contribution in [2.45, 2.75) is 83.7 Å². The molecule has 2 unspecified atom stereocenters. The molecule has 2 atom stereocenters. The number of rotatable bonds is 3. The fourth-order valence-corrected chi connectivity index (χ4v) is 3.78. The maximum absolute atomic E-state index is 12.1. The number of carbonyl (C=O) groups is 1. The standard InChI is InChI=1S/C16H30N2O/c1-12(2)14-10-6-7-11-15(14)18-16(19)17-13-8-4-3-5-9-13/h12-15H,3-11H2,1-2H3,(H2,17,18,19). The second-order valence-corrected chi connectivity index (χ2v) is 6.75. The first-order valence-corrected chi connectivity index (χ1v) is 8.24. The van der Waals surface area contributed by atoms with Crippen LogP contribution in [0.1, 0.15) is 71.6 Å². The number of nitrogens with one attached hydrogen (secondary N) is 2. The van der Waals surface area contributed by atoms with Crippen molar-refractivity contribution in [2.75, 3.05) is 0 Å². The molecular formula is C16H30N2O. The second-order valence-electron chi connectivity index (χ2n) is 6.75. The van der Waals surface area contributed by atoms with Gasteiger partial charge in [0.25, 0.3) is 0 Å². The molecule has 0 aromatic carbocycles. The summed E-state index contributed by atoms with van der Waals surface area (Å²) in [4.78, 5) is 12.1. The van der Waals surface area contributed by atoms with E-state index in [2.05, 4.69) is 24.5 Å². The van der Waals surface area contributed by atoms with E-state index < -0.39 is 0 Å². The highest BCUT2D eigenvalue weighted by Gasteiger charge is 2.29. The van der Waals surface area contributed by atoms with Crippen molar-refractivity contribution in [2.24, 2.45) is 11.8 Å². The van der Waals surface area contributed by atoms with E-state index in [1.54, 1.807) is 0 Å². The normalized spacial score (nSPS) is 29.2. The van der Waals surface area contributed by atoms with E-state index in [-0.39, 0.29) is 6.03 Å². The highest BCUT2D eigenvalue weighted by molar-refractivity contribution is 5.74. The second kappa shape index (κ2) is 7.16. The molecule has 0 aromatic heterocycles. The Morgan fingerprint density at radius 3 is 2.21 bits per heavy atom. The van der Waals surface area contributed by atoms with Gasteiger partial charge in [-0.05, 0) is 37.5 Å². The van der Waals surface area contributed by atoms with Gasteiger partial charge in [0.2, 0.25) is 0 Å². The van der Waals surface area contributed by atoms with E-state index in [1.807, 2.05) is 0 Å². The summed E-state index contributed by atoms with van der Waals surface area (Å²) in [5.41, 5.74) is 0. The number of carbonyl (C=O) groups excluding carboxylic acids is 1. The van der Waals surface area contributed by atoms with Gasteiger partial charge in [-0.1, -0.05) is 46.0 Å². The van der Waals surface area contributed by atoms with Crippen LogP contribution in [0.3, 0.4) is 0 Å². The molecule has 2 fully saturated rings. The minimum Gasteiger partial charge on any atom is -0.335 e. The largest absolute Gasteiger partial charge is 0.335 e. The summed E-state index contributed by atoms with van der Waals surface area (Å²) in [5, 5.41) is 6.42. The predicted molar refractivity (Wildman–Crippen MR) is 79.1 cm³/mol. The molecule has 2 aliphatic carbocycles. The summed E-state index contributed by atoms with van der Waals surface area (Å²) >= 11 is 0. The fraction of sp³-hybridized carbons (Fsp3) is 0.938. The van der Waals surface area contributed by atoms with E-state index in [0.29, 0.717) is 23.9 Å². The summed E-state index contributed by atoms with van der Waals surface area (Å²) in [6.45, 7) is 4.56. The third-order valence-electron chi connectivity index (χ3n) is 4.93. The van der Waals surface area contributed by atoms with E-state index in [4.69, 9.17) is 0 Å². The third-order valence-corrected chi connectivity index (χ3v) is 4.93. The van der Waals surface area contributed by atoms with Crippen LogP contribution in [0.4, 0.5) is 4.79 Å². The van der Waals surface area contributed by atoms with Gasteiger partial charge in [-0.15, -0.1) is 0 Å². The summed E-state index contributed by atoms with van der Waals surface area (Å²) in [6, 6.07) is 0.872. The fourth-order valence-electron chi connectivity index (χ4n) is 3.78. The maximum atomic E-state index is 12.1. The molecule has 3 nitrogen and oxygen atoms in total. The van der Waals surface area contributed by atoms with Crippen molar-refractivity contribution >= 4 is 6.03 Å². The minimum absolute atomic E-state index is 0.0736. The Morgan fingerprint density at radius 2 is 1.53 bits per heavy atom. The predicted octanol–water partition coefficient (Wildman–Crippen LogP) is 3.83. The summed E-state index contributed by atoms with van der Waals surface area (Å²) < 4.78 is 0. The Morgan fingerprint density at radius 1 is 0.895 bits per heavy atom. The molecule has 110 valence electrons. The molecule has 0 heterocycles. The summed E-state index contributed by atoms with van der Waals surface area (Å²) in [7, 11) is 0. The lowest BCUT2D eigenvalue weighted by atomic mass is 9.78. The molecule has 0 bridgehead atoms. The zero-order valence-corrected chi connectivity index (χ0v) is 12.6. The number of urea groups is 1. The average molecular weight is 266 g/mol. The van der Waals surface area contributed by atoms with Crippen LogP contribution in [-0.2, 0) is 0 Å². The van der Waals surface area contributed by atoms with Gasteiger partial charge in [-0.3, -0.25) is 0 Å². The van der Waals surface area contributed by atoms with E-state index >= 15 is 0 Å². The van der Waals surface area contributed by atoms with Crippen molar-refractivity contribution < 1.29 is 4.79 Å². The zero-order chi connectivity index (χ0) is 13.7. The topological polar surface area (TPSA) is 41.1 Å². The van der Waals surface area contributed by atoms with E-state index in [1.165, 1.54) is 38.5 Å². The smallest absolute Gasteiger partial charge is 0.315 e. The minimum atomic E-state index is 0.0736. The molecule has 2 rings (SSSR count). The van der Waals surface area contributed by atoms with Crippen LogP contribution in [-0.4, -0.2) is 18.1 Å². The molecule has 2 saturated carbocycles. The van der Waals surface area contributed by atoms with E-state index in [9.17, 15) is 4.79 Å². The Hall–Kier alpha value is -0.730. The maximum Gasteiger partial charge on any atom is 0.315 e. The lowest BCUT2D eigenvalue weighted by Gasteiger charge is -2.35. The monoisotopic (exact) mass is 266 g/mol. The van der Waals surface area contributed by atoms with Crippen molar-refractivity contribution in [3.05, 3.63) is 0 Å². The quantitative estimate of drug-likeness (QED) is 0.801. The third kappa shape index (κ3) is 4.39. The lowest BCUT2D eigenvalue weighted by molar-refractivity contribution is 0.190. The van der Waals surface area contributed by atoms with Crippen LogP contribution in [0.25, 0.3) is 0 Å². The number of hydrogen-bond acceptors (Lipinski definition) is 1. The first-order chi connectivity index (χ1) is 9.16. The summed E-state index contributed by atoms with van der Waals surface area (Å²) in [5.74, 6) is 1.33. The molecule has 0 radical (unpaired) electrons. The van der Waals surface area contributed by atoms with Crippen LogP contribution in [0.2, 0.25) is 0 Å². The first-order valence-electron chi connectivity index (χ1n) is 8.24. The van der Waals surface area contributed by atoms with Crippen molar-refractivity contribution in [3.8, 4) is 0 Å². The van der Waals surface area contributed by atoms with Gasteiger partial charge in [0.15, 0.2) is 0 Å². The van der Waals surface area contributed by atoms with Gasteiger partial charge in [0, 0.05) is 12.1 Å². The van der Waals surface area contributed by atoms with Crippen molar-refractivity contribution in [1.29, 1.82) is 0 Å². The van der Waals surface area contributed by atoms with Gasteiger partial charge < -0.3 is 10.6 Å². The Bertz CT molecular complexity index is 284. The Balaban J connectivity index is 1.79. The van der Waals surface area contributed by atoms with Gasteiger partial charge in [-0.25, -0.2) is 4.79 Å². The van der Waals surface area contributed by atoms with Crippen LogP contribution >= 0.6 is 0 Å². The van der Waals surface area contributed by atoms with Crippen molar-refractivity contribution in [1.82, 2.24) is 10.6 Å². The molecule has 0 aliphatic heterocycles. The molecule has 19 heavy (non-hydrogen) atoms. The van der Waals surface area contributed by atoms with Crippen LogP contribution < -0.4 is 10.6 Å². The highest BCUT2D eigenvalue weighted by Crippen LogP contribution is 2.30. The molecule has 2 N–H and O–H groups in total. The molecular weight excluding hydrogens is 236 g/mol. The van der Waals surface area contributed by atoms with Gasteiger partial charge in [0.1, 0.15) is 0 Å². The lowest BCUT2D eigenvalue weighted by Crippen LogP contribution is -2.50. The Labute approximate surface area is 117 Å². The van der Waals surface area contributed by atoms with Gasteiger partial charge >= 0.3 is 6.03 Å². The van der Waals surface area contributed by atoms with E-state index in [0.717, 1.165) is 19.3 Å². The molecule has 2 amide bonds. The van der Waals surface area contributed by atoms with Crippen LogP contribution in [0.5, 0.6) is 0 Å². The van der Waals surface area contributed by atoms with Crippen molar-refractivity contribution in [3.63, 3.8) is 0 Å². The average Bonchev–Trinajstić information content (AvgIpc) is 2.40. The van der Waals surface area contributed by atoms with Crippen LogP contribution in [0.15, 0.2) is 0 Å². The van der Waals surface area contributed by atoms with Gasteiger partial charge in [0.05, 0.1) is 0 Å².